The molecule has 1 aliphatic heterocycles. The summed E-state index contributed by atoms with van der Waals surface area (Å²) in [6, 6.07) is -0.871. The van der Waals surface area contributed by atoms with E-state index in [4.69, 9.17) is 9.47 Å². The average Bonchev–Trinajstić information content (AvgIpc) is 2.70. The molecule has 1 rings (SSSR count). The van der Waals surface area contributed by atoms with E-state index in [-0.39, 0.29) is 12.6 Å². The van der Waals surface area contributed by atoms with Crippen molar-refractivity contribution in [1.82, 2.24) is 4.90 Å². The van der Waals surface area contributed by atoms with E-state index < -0.39 is 23.7 Å². The molecule has 21 heavy (non-hydrogen) atoms. The van der Waals surface area contributed by atoms with Gasteiger partial charge in [0, 0.05) is 13.0 Å². The fourth-order valence-electron chi connectivity index (χ4n) is 2.15. The molecule has 6 heteroatoms. The maximum Gasteiger partial charge on any atom is 0.411 e. The molecule has 1 aliphatic rings. The Hall–Kier alpha value is -1.30. The van der Waals surface area contributed by atoms with E-state index in [9.17, 15) is 14.7 Å². The van der Waals surface area contributed by atoms with Gasteiger partial charge in [-0.15, -0.1) is 0 Å². The largest absolute Gasteiger partial charge is 0.480 e. The molecule has 1 N–H and O–H groups in total. The van der Waals surface area contributed by atoms with Crippen LogP contribution in [0.25, 0.3) is 0 Å². The molecule has 1 saturated heterocycles. The molecule has 0 aromatic rings. The van der Waals surface area contributed by atoms with Crippen LogP contribution < -0.4 is 0 Å². The van der Waals surface area contributed by atoms with Crippen LogP contribution in [0.15, 0.2) is 0 Å². The average molecular weight is 301 g/mol. The van der Waals surface area contributed by atoms with Crippen LogP contribution in [0, 0.1) is 5.92 Å². The van der Waals surface area contributed by atoms with Gasteiger partial charge in [-0.3, -0.25) is 4.90 Å². The van der Waals surface area contributed by atoms with Gasteiger partial charge < -0.3 is 14.6 Å². The lowest BCUT2D eigenvalue weighted by Crippen LogP contribution is -2.43. The van der Waals surface area contributed by atoms with Gasteiger partial charge in [-0.05, 0) is 33.1 Å². The molecule has 1 fully saturated rings. The van der Waals surface area contributed by atoms with E-state index in [0.29, 0.717) is 18.9 Å². The molecule has 0 radical (unpaired) electrons. The lowest BCUT2D eigenvalue weighted by molar-refractivity contribution is -0.142. The molecular weight excluding hydrogens is 274 g/mol. The topological polar surface area (TPSA) is 76.1 Å². The Kier molecular flexibility index (Phi) is 6.01. The zero-order chi connectivity index (χ0) is 16.2. The summed E-state index contributed by atoms with van der Waals surface area (Å²) in [7, 11) is 0. The minimum absolute atomic E-state index is 0.239. The maximum absolute atomic E-state index is 12.1. The van der Waals surface area contributed by atoms with E-state index >= 15 is 0 Å². The van der Waals surface area contributed by atoms with Crippen LogP contribution >= 0.6 is 0 Å². The Labute approximate surface area is 126 Å². The number of aliphatic carboxylic acids is 1. The minimum Gasteiger partial charge on any atom is -0.480 e. The van der Waals surface area contributed by atoms with Gasteiger partial charge in [0.05, 0.1) is 12.6 Å². The molecule has 0 aromatic carbocycles. The number of carbonyl (C=O) groups is 2. The third-order valence-corrected chi connectivity index (χ3v) is 3.22. The van der Waals surface area contributed by atoms with E-state index in [0.717, 1.165) is 6.42 Å². The molecule has 0 aliphatic carbocycles. The highest BCUT2D eigenvalue weighted by Crippen LogP contribution is 2.23. The van der Waals surface area contributed by atoms with Gasteiger partial charge in [-0.2, -0.15) is 0 Å². The Morgan fingerprint density at radius 3 is 2.43 bits per heavy atom. The normalized spacial score (nSPS) is 22.7. The third-order valence-electron chi connectivity index (χ3n) is 3.22. The van der Waals surface area contributed by atoms with Crippen molar-refractivity contribution in [1.29, 1.82) is 0 Å². The van der Waals surface area contributed by atoms with Gasteiger partial charge in [-0.1, -0.05) is 13.8 Å². The first-order valence-corrected chi connectivity index (χ1v) is 7.44. The minimum atomic E-state index is -1.02. The summed E-state index contributed by atoms with van der Waals surface area (Å²) in [5.74, 6) is -0.487. The number of carbonyl (C=O) groups excluding carboxylic acids is 1. The van der Waals surface area contributed by atoms with Crippen molar-refractivity contribution in [2.24, 2.45) is 5.92 Å². The van der Waals surface area contributed by atoms with Crippen molar-refractivity contribution >= 4 is 12.1 Å². The predicted octanol–water partition coefficient (Wildman–Crippen LogP) is 2.51. The van der Waals surface area contributed by atoms with E-state index in [1.807, 2.05) is 0 Å². The van der Waals surface area contributed by atoms with Crippen molar-refractivity contribution in [3.8, 4) is 0 Å². The molecule has 1 heterocycles. The van der Waals surface area contributed by atoms with Crippen LogP contribution in [0.4, 0.5) is 4.79 Å². The summed E-state index contributed by atoms with van der Waals surface area (Å²) < 4.78 is 11.0. The Morgan fingerprint density at radius 2 is 1.95 bits per heavy atom. The SMILES string of the molecule is CC(C)CCO[C@H]1C[C@H](C(=O)O)N(C(=O)OC(C)(C)C)C1. The van der Waals surface area contributed by atoms with Crippen LogP contribution in [0.2, 0.25) is 0 Å². The number of likely N-dealkylation sites (tertiary alicyclic amines) is 1. The number of nitrogens with zero attached hydrogens (tertiary/aromatic N) is 1. The highest BCUT2D eigenvalue weighted by molar-refractivity contribution is 5.81. The molecule has 0 bridgehead atoms. The number of ether oxygens (including phenoxy) is 2. The molecule has 0 unspecified atom stereocenters. The second kappa shape index (κ2) is 7.11. The lowest BCUT2D eigenvalue weighted by Gasteiger charge is -2.26. The van der Waals surface area contributed by atoms with Gasteiger partial charge >= 0.3 is 12.1 Å². The Balaban J connectivity index is 2.61. The monoisotopic (exact) mass is 301 g/mol. The van der Waals surface area contributed by atoms with Crippen LogP contribution in [0.1, 0.15) is 47.5 Å². The summed E-state index contributed by atoms with van der Waals surface area (Å²) in [6.45, 7) is 10.3. The summed E-state index contributed by atoms with van der Waals surface area (Å²) in [5.41, 5.74) is -0.642. The van der Waals surface area contributed by atoms with Crippen molar-refractivity contribution in [2.45, 2.75) is 65.2 Å². The number of carboxylic acid groups (broad SMARTS) is 1. The summed E-state index contributed by atoms with van der Waals surface area (Å²) in [4.78, 5) is 24.7. The smallest absolute Gasteiger partial charge is 0.411 e. The number of carboxylic acids is 1. The Bertz CT molecular complexity index is 375. The summed E-state index contributed by atoms with van der Waals surface area (Å²) in [6.07, 6.45) is 0.398. The van der Waals surface area contributed by atoms with Crippen molar-refractivity contribution < 1.29 is 24.2 Å². The quantitative estimate of drug-likeness (QED) is 0.844. The number of hydrogen-bond acceptors (Lipinski definition) is 4. The molecule has 122 valence electrons. The molecule has 0 saturated carbocycles. The van der Waals surface area contributed by atoms with Crippen LogP contribution in [0.5, 0.6) is 0 Å². The fourth-order valence-corrected chi connectivity index (χ4v) is 2.15. The highest BCUT2D eigenvalue weighted by Gasteiger charge is 2.42. The van der Waals surface area contributed by atoms with Crippen molar-refractivity contribution in [3.63, 3.8) is 0 Å². The zero-order valence-electron chi connectivity index (χ0n) is 13.6. The first kappa shape index (κ1) is 17.8. The molecule has 1 amide bonds. The molecular formula is C15H27NO5. The molecule has 6 nitrogen and oxygen atoms in total. The lowest BCUT2D eigenvalue weighted by atomic mass is 10.1. The zero-order valence-corrected chi connectivity index (χ0v) is 13.6. The molecule has 2 atom stereocenters. The highest BCUT2D eigenvalue weighted by atomic mass is 16.6. The van der Waals surface area contributed by atoms with Gasteiger partial charge in [-0.25, -0.2) is 9.59 Å². The van der Waals surface area contributed by atoms with Crippen molar-refractivity contribution in [3.05, 3.63) is 0 Å². The molecule has 0 spiro atoms. The summed E-state index contributed by atoms with van der Waals surface area (Å²) in [5, 5.41) is 9.26. The second-order valence-corrected chi connectivity index (χ2v) is 6.90. The van der Waals surface area contributed by atoms with Crippen molar-refractivity contribution in [2.75, 3.05) is 13.2 Å². The predicted molar refractivity (Wildman–Crippen MR) is 78.2 cm³/mol. The Morgan fingerprint density at radius 1 is 1.33 bits per heavy atom. The summed E-state index contributed by atoms with van der Waals surface area (Å²) >= 11 is 0. The number of amides is 1. The van der Waals surface area contributed by atoms with Crippen LogP contribution in [0.3, 0.4) is 0 Å². The first-order valence-electron chi connectivity index (χ1n) is 7.44. The number of hydrogen-bond donors (Lipinski definition) is 1. The third kappa shape index (κ3) is 5.91. The van der Waals surface area contributed by atoms with E-state index in [2.05, 4.69) is 13.8 Å². The van der Waals surface area contributed by atoms with Crippen LogP contribution in [-0.2, 0) is 14.3 Å². The van der Waals surface area contributed by atoms with Crippen LogP contribution in [-0.4, -0.2) is 53.0 Å². The number of rotatable bonds is 5. The second-order valence-electron chi connectivity index (χ2n) is 6.90. The van der Waals surface area contributed by atoms with Gasteiger partial charge in [0.15, 0.2) is 0 Å². The maximum atomic E-state index is 12.1. The van der Waals surface area contributed by atoms with E-state index in [1.165, 1.54) is 4.90 Å². The van der Waals surface area contributed by atoms with Gasteiger partial charge in [0.2, 0.25) is 0 Å². The first-order chi connectivity index (χ1) is 9.60. The fraction of sp³-hybridized carbons (Fsp3) is 0.867. The van der Waals surface area contributed by atoms with Gasteiger partial charge in [0.1, 0.15) is 11.6 Å². The molecule has 0 aromatic heterocycles. The van der Waals surface area contributed by atoms with E-state index in [1.54, 1.807) is 20.8 Å². The van der Waals surface area contributed by atoms with Gasteiger partial charge in [0.25, 0.3) is 0 Å². The standard InChI is InChI=1S/C15H27NO5/c1-10(2)6-7-20-11-8-12(13(17)18)16(9-11)14(19)21-15(3,4)5/h10-12H,6-9H2,1-5H3,(H,17,18)/t11-,12+/m0/s1.